The summed E-state index contributed by atoms with van der Waals surface area (Å²) in [6, 6.07) is 8.10. The normalized spacial score (nSPS) is 10.4. The van der Waals surface area contributed by atoms with Gasteiger partial charge in [-0.15, -0.1) is 11.3 Å². The molecule has 0 spiro atoms. The van der Waals surface area contributed by atoms with Crippen LogP contribution in [0.4, 0.5) is 0 Å². The molecule has 0 aliphatic rings. The number of aryl methyl sites for hydroxylation is 2. The summed E-state index contributed by atoms with van der Waals surface area (Å²) < 4.78 is 1.29. The molecule has 0 aliphatic heterocycles. The molecule has 0 atom stereocenters. The van der Waals surface area contributed by atoms with E-state index in [1.807, 2.05) is 29.5 Å². The Hall–Kier alpha value is -1.33. The summed E-state index contributed by atoms with van der Waals surface area (Å²) in [5.41, 5.74) is 2.09. The fourth-order valence-corrected chi connectivity index (χ4v) is 2.81. The van der Waals surface area contributed by atoms with Crippen LogP contribution in [0.1, 0.15) is 22.9 Å². The molecule has 2 rings (SSSR count). The molecule has 1 aromatic heterocycles. The van der Waals surface area contributed by atoms with Crippen molar-refractivity contribution in [1.29, 1.82) is 5.26 Å². The van der Waals surface area contributed by atoms with Crippen molar-refractivity contribution in [3.63, 3.8) is 0 Å². The van der Waals surface area contributed by atoms with Gasteiger partial charge in [-0.3, -0.25) is 0 Å². The molecule has 2 heteroatoms. The number of benzene rings is 1. The predicted octanol–water partition coefficient (Wildman–Crippen LogP) is 3.64. The zero-order chi connectivity index (χ0) is 10.1. The molecule has 1 nitrogen and oxygen atoms in total. The maximum atomic E-state index is 8.81. The van der Waals surface area contributed by atoms with Crippen molar-refractivity contribution in [2.45, 2.75) is 20.3 Å². The Bertz CT molecular complexity index is 517. The lowest BCUT2D eigenvalue weighted by molar-refractivity contribution is 1.16. The average molecular weight is 201 g/mol. The maximum Gasteiger partial charge on any atom is 0.0991 e. The van der Waals surface area contributed by atoms with Gasteiger partial charge in [0.1, 0.15) is 0 Å². The fraction of sp³-hybridized carbons (Fsp3) is 0.250. The standard InChI is InChI=1S/C12H11NS/c1-3-11-8(2)10-6-9(7-13)4-5-12(10)14-11/h4-6H,3H2,1-2H3. The molecule has 0 bridgehead atoms. The van der Waals surface area contributed by atoms with E-state index in [2.05, 4.69) is 19.9 Å². The van der Waals surface area contributed by atoms with E-state index < -0.39 is 0 Å². The zero-order valence-corrected chi connectivity index (χ0v) is 9.11. The summed E-state index contributed by atoms with van der Waals surface area (Å²) in [6.07, 6.45) is 1.08. The van der Waals surface area contributed by atoms with Crippen molar-refractivity contribution < 1.29 is 0 Å². The highest BCUT2D eigenvalue weighted by Gasteiger charge is 2.06. The van der Waals surface area contributed by atoms with Gasteiger partial charge in [0.25, 0.3) is 0 Å². The molecule has 0 radical (unpaired) electrons. The molecule has 0 aliphatic carbocycles. The first-order valence-electron chi connectivity index (χ1n) is 4.68. The molecule has 0 unspecified atom stereocenters. The van der Waals surface area contributed by atoms with Gasteiger partial charge in [0, 0.05) is 9.58 Å². The predicted molar refractivity (Wildman–Crippen MR) is 60.7 cm³/mol. The Morgan fingerprint density at radius 2 is 2.21 bits per heavy atom. The van der Waals surface area contributed by atoms with Crippen LogP contribution >= 0.6 is 11.3 Å². The lowest BCUT2D eigenvalue weighted by atomic mass is 10.1. The van der Waals surface area contributed by atoms with Crippen molar-refractivity contribution in [1.82, 2.24) is 0 Å². The Labute approximate surface area is 87.6 Å². The van der Waals surface area contributed by atoms with Gasteiger partial charge in [-0.25, -0.2) is 0 Å². The SMILES string of the molecule is CCc1sc2ccc(C#N)cc2c1C. The highest BCUT2D eigenvalue weighted by molar-refractivity contribution is 7.19. The molecule has 0 N–H and O–H groups in total. The number of hydrogen-bond donors (Lipinski definition) is 0. The van der Waals surface area contributed by atoms with E-state index in [9.17, 15) is 0 Å². The number of nitrogens with zero attached hydrogens (tertiary/aromatic N) is 1. The number of rotatable bonds is 1. The van der Waals surface area contributed by atoms with E-state index in [0.717, 1.165) is 12.0 Å². The van der Waals surface area contributed by atoms with Crippen LogP contribution in [0.5, 0.6) is 0 Å². The molecule has 1 heterocycles. The first-order valence-corrected chi connectivity index (χ1v) is 5.50. The number of nitriles is 1. The van der Waals surface area contributed by atoms with Gasteiger partial charge in [-0.1, -0.05) is 6.92 Å². The Morgan fingerprint density at radius 1 is 1.43 bits per heavy atom. The number of fused-ring (bicyclic) bond motifs is 1. The Kier molecular flexibility index (Phi) is 2.26. The zero-order valence-electron chi connectivity index (χ0n) is 8.29. The molecule has 14 heavy (non-hydrogen) atoms. The van der Waals surface area contributed by atoms with Crippen LogP contribution in [0.25, 0.3) is 10.1 Å². The second kappa shape index (κ2) is 3.43. The summed E-state index contributed by atoms with van der Waals surface area (Å²) in [5.74, 6) is 0. The van der Waals surface area contributed by atoms with Crippen LogP contribution < -0.4 is 0 Å². The summed E-state index contributed by atoms with van der Waals surface area (Å²) in [6.45, 7) is 4.31. The topological polar surface area (TPSA) is 23.8 Å². The third-order valence-corrected chi connectivity index (χ3v) is 3.90. The van der Waals surface area contributed by atoms with Crippen molar-refractivity contribution >= 4 is 21.4 Å². The van der Waals surface area contributed by atoms with Gasteiger partial charge in [0.15, 0.2) is 0 Å². The van der Waals surface area contributed by atoms with E-state index in [1.54, 1.807) is 0 Å². The average Bonchev–Trinajstić information content (AvgIpc) is 2.55. The monoisotopic (exact) mass is 201 g/mol. The summed E-state index contributed by atoms with van der Waals surface area (Å²) in [5, 5.41) is 10.0. The van der Waals surface area contributed by atoms with Crippen molar-refractivity contribution in [2.75, 3.05) is 0 Å². The molecule has 2 aromatic rings. The second-order valence-corrected chi connectivity index (χ2v) is 4.46. The van der Waals surface area contributed by atoms with Crippen LogP contribution in [-0.4, -0.2) is 0 Å². The number of hydrogen-bond acceptors (Lipinski definition) is 2. The Morgan fingerprint density at radius 3 is 2.86 bits per heavy atom. The second-order valence-electron chi connectivity index (χ2n) is 3.33. The molecular formula is C12H11NS. The largest absolute Gasteiger partial charge is 0.192 e. The van der Waals surface area contributed by atoms with Gasteiger partial charge in [0.05, 0.1) is 11.6 Å². The molecule has 0 saturated heterocycles. The first-order chi connectivity index (χ1) is 6.76. The van der Waals surface area contributed by atoms with Gasteiger partial charge < -0.3 is 0 Å². The Balaban J connectivity index is 2.75. The van der Waals surface area contributed by atoms with E-state index in [-0.39, 0.29) is 0 Å². The molecule has 0 fully saturated rings. The highest BCUT2D eigenvalue weighted by Crippen LogP contribution is 2.31. The van der Waals surface area contributed by atoms with Gasteiger partial charge in [0.2, 0.25) is 0 Å². The third-order valence-electron chi connectivity index (χ3n) is 2.49. The smallest absolute Gasteiger partial charge is 0.0991 e. The van der Waals surface area contributed by atoms with Crippen molar-refractivity contribution in [2.24, 2.45) is 0 Å². The van der Waals surface area contributed by atoms with Gasteiger partial charge in [-0.05, 0) is 42.5 Å². The minimum Gasteiger partial charge on any atom is -0.192 e. The minimum absolute atomic E-state index is 0.751. The van der Waals surface area contributed by atoms with E-state index >= 15 is 0 Å². The lowest BCUT2D eigenvalue weighted by Crippen LogP contribution is -1.77. The molecule has 70 valence electrons. The van der Waals surface area contributed by atoms with E-state index in [0.29, 0.717) is 0 Å². The lowest BCUT2D eigenvalue weighted by Gasteiger charge is -1.93. The molecule has 0 saturated carbocycles. The fourth-order valence-electron chi connectivity index (χ4n) is 1.68. The minimum atomic E-state index is 0.751. The summed E-state index contributed by atoms with van der Waals surface area (Å²) >= 11 is 1.83. The number of thiophene rings is 1. The third kappa shape index (κ3) is 1.30. The highest BCUT2D eigenvalue weighted by atomic mass is 32.1. The maximum absolute atomic E-state index is 8.81. The molecule has 1 aromatic carbocycles. The van der Waals surface area contributed by atoms with Crippen LogP contribution in [0.3, 0.4) is 0 Å². The quantitative estimate of drug-likeness (QED) is 0.691. The van der Waals surface area contributed by atoms with Crippen LogP contribution in [-0.2, 0) is 6.42 Å². The van der Waals surface area contributed by atoms with Crippen molar-refractivity contribution in [3.05, 3.63) is 34.2 Å². The van der Waals surface area contributed by atoms with Gasteiger partial charge >= 0.3 is 0 Å². The van der Waals surface area contributed by atoms with E-state index in [1.165, 1.54) is 20.5 Å². The molecule has 0 amide bonds. The van der Waals surface area contributed by atoms with E-state index in [4.69, 9.17) is 5.26 Å². The molecular weight excluding hydrogens is 190 g/mol. The van der Waals surface area contributed by atoms with Crippen LogP contribution in [0, 0.1) is 18.3 Å². The summed E-state index contributed by atoms with van der Waals surface area (Å²) in [4.78, 5) is 1.43. The van der Waals surface area contributed by atoms with Gasteiger partial charge in [-0.2, -0.15) is 5.26 Å². The first kappa shape index (κ1) is 9.23. The summed E-state index contributed by atoms with van der Waals surface area (Å²) in [7, 11) is 0. The van der Waals surface area contributed by atoms with Crippen LogP contribution in [0.15, 0.2) is 18.2 Å². The van der Waals surface area contributed by atoms with Crippen molar-refractivity contribution in [3.8, 4) is 6.07 Å². The van der Waals surface area contributed by atoms with Crippen LogP contribution in [0.2, 0.25) is 0 Å².